The van der Waals surface area contributed by atoms with Crippen molar-refractivity contribution in [3.05, 3.63) is 88.7 Å². The second-order valence-electron chi connectivity index (χ2n) is 6.25. The minimum absolute atomic E-state index is 0.0273. The van der Waals surface area contributed by atoms with E-state index in [4.69, 9.17) is 16.3 Å². The molecule has 0 aliphatic rings. The number of carbonyl (C=O) groups is 1. The summed E-state index contributed by atoms with van der Waals surface area (Å²) in [6.45, 7) is -0.0273. The van der Waals surface area contributed by atoms with E-state index in [9.17, 15) is 17.6 Å². The zero-order chi connectivity index (χ0) is 21.7. The van der Waals surface area contributed by atoms with Crippen molar-refractivity contribution in [1.29, 1.82) is 0 Å². The molecule has 0 aliphatic heterocycles. The highest BCUT2D eigenvalue weighted by atomic mass is 35.5. The van der Waals surface area contributed by atoms with Gasteiger partial charge in [-0.15, -0.1) is 0 Å². The predicted molar refractivity (Wildman–Crippen MR) is 113 cm³/mol. The van der Waals surface area contributed by atoms with Crippen LogP contribution >= 0.6 is 11.6 Å². The summed E-state index contributed by atoms with van der Waals surface area (Å²) in [6.07, 6.45) is 0. The second kappa shape index (κ2) is 9.15. The first-order valence-corrected chi connectivity index (χ1v) is 10.6. The van der Waals surface area contributed by atoms with Gasteiger partial charge in [-0.1, -0.05) is 35.9 Å². The maximum Gasteiger partial charge on any atom is 0.262 e. The molecule has 30 heavy (non-hydrogen) atoms. The van der Waals surface area contributed by atoms with Crippen LogP contribution in [0, 0.1) is 5.82 Å². The Labute approximate surface area is 178 Å². The zero-order valence-corrected chi connectivity index (χ0v) is 17.4. The Kier molecular flexibility index (Phi) is 6.59. The number of rotatable bonds is 7. The molecule has 3 aromatic carbocycles. The highest BCUT2D eigenvalue weighted by Gasteiger charge is 2.19. The van der Waals surface area contributed by atoms with Gasteiger partial charge in [0, 0.05) is 22.7 Å². The number of anilines is 1. The number of ether oxygens (including phenoxy) is 1. The Morgan fingerprint density at radius 3 is 2.57 bits per heavy atom. The number of amides is 1. The number of sulfonamides is 1. The van der Waals surface area contributed by atoms with Gasteiger partial charge in [0.05, 0.1) is 17.7 Å². The Bertz CT molecular complexity index is 1190. The summed E-state index contributed by atoms with van der Waals surface area (Å²) >= 11 is 5.94. The molecule has 9 heteroatoms. The molecule has 0 saturated carbocycles. The molecule has 0 bridgehead atoms. The van der Waals surface area contributed by atoms with Gasteiger partial charge in [-0.25, -0.2) is 12.8 Å². The van der Waals surface area contributed by atoms with Crippen molar-refractivity contribution in [3.8, 4) is 5.75 Å². The van der Waals surface area contributed by atoms with Crippen LogP contribution < -0.4 is 14.8 Å². The molecule has 3 rings (SSSR count). The number of halogens is 2. The Morgan fingerprint density at radius 1 is 1.07 bits per heavy atom. The molecule has 156 valence electrons. The Morgan fingerprint density at radius 2 is 1.83 bits per heavy atom. The Balaban J connectivity index is 1.79. The summed E-state index contributed by atoms with van der Waals surface area (Å²) in [5.74, 6) is -0.675. The minimum Gasteiger partial charge on any atom is -0.495 e. The molecule has 2 N–H and O–H groups in total. The third kappa shape index (κ3) is 5.08. The van der Waals surface area contributed by atoms with Crippen LogP contribution in [0.25, 0.3) is 0 Å². The largest absolute Gasteiger partial charge is 0.495 e. The van der Waals surface area contributed by atoms with Gasteiger partial charge >= 0.3 is 0 Å². The molecule has 0 radical (unpaired) electrons. The van der Waals surface area contributed by atoms with Gasteiger partial charge in [-0.3, -0.25) is 9.52 Å². The molecule has 0 unspecified atom stereocenters. The lowest BCUT2D eigenvalue weighted by Gasteiger charge is -2.13. The average molecular weight is 449 g/mol. The van der Waals surface area contributed by atoms with Gasteiger partial charge in [-0.2, -0.15) is 0 Å². The Hall–Kier alpha value is -3.10. The van der Waals surface area contributed by atoms with Gasteiger partial charge in [0.2, 0.25) is 0 Å². The summed E-state index contributed by atoms with van der Waals surface area (Å²) in [5.41, 5.74) is 0.607. The minimum atomic E-state index is -4.02. The van der Waals surface area contributed by atoms with E-state index < -0.39 is 21.7 Å². The molecular formula is C21H18ClFN2O4S. The quantitative estimate of drug-likeness (QED) is 0.566. The average Bonchev–Trinajstić information content (AvgIpc) is 2.73. The summed E-state index contributed by atoms with van der Waals surface area (Å²) in [4.78, 5) is 12.3. The lowest BCUT2D eigenvalue weighted by atomic mass is 10.2. The van der Waals surface area contributed by atoms with Gasteiger partial charge in [-0.05, 0) is 42.5 Å². The van der Waals surface area contributed by atoms with E-state index in [-0.39, 0.29) is 22.7 Å². The second-order valence-corrected chi connectivity index (χ2v) is 8.37. The van der Waals surface area contributed by atoms with Crippen LogP contribution in [0.4, 0.5) is 10.1 Å². The smallest absolute Gasteiger partial charge is 0.262 e. The fourth-order valence-electron chi connectivity index (χ4n) is 2.69. The van der Waals surface area contributed by atoms with Crippen molar-refractivity contribution in [1.82, 2.24) is 5.32 Å². The molecule has 0 heterocycles. The monoisotopic (exact) mass is 448 g/mol. The van der Waals surface area contributed by atoms with Crippen molar-refractivity contribution in [2.45, 2.75) is 11.4 Å². The van der Waals surface area contributed by atoms with E-state index in [0.717, 1.165) is 0 Å². The highest BCUT2D eigenvalue weighted by molar-refractivity contribution is 7.92. The molecule has 0 aliphatic carbocycles. The van der Waals surface area contributed by atoms with Crippen LogP contribution in [0.5, 0.6) is 5.75 Å². The van der Waals surface area contributed by atoms with Crippen molar-refractivity contribution in [3.63, 3.8) is 0 Å². The number of carbonyl (C=O) groups excluding carboxylic acids is 1. The number of hydrogen-bond acceptors (Lipinski definition) is 4. The first kappa shape index (κ1) is 21.6. The fourth-order valence-corrected chi connectivity index (χ4v) is 3.97. The van der Waals surface area contributed by atoms with Gasteiger partial charge in [0.25, 0.3) is 15.9 Å². The van der Waals surface area contributed by atoms with Crippen LogP contribution in [0.2, 0.25) is 5.02 Å². The van der Waals surface area contributed by atoms with Crippen molar-refractivity contribution in [2.75, 3.05) is 11.8 Å². The maximum atomic E-state index is 13.7. The molecule has 0 spiro atoms. The van der Waals surface area contributed by atoms with Crippen molar-refractivity contribution in [2.24, 2.45) is 0 Å². The number of nitrogens with one attached hydrogen (secondary N) is 2. The number of hydrogen-bond donors (Lipinski definition) is 2. The van der Waals surface area contributed by atoms with E-state index in [0.29, 0.717) is 16.3 Å². The maximum absolute atomic E-state index is 13.7. The molecule has 0 saturated heterocycles. The van der Waals surface area contributed by atoms with Crippen LogP contribution in [0.3, 0.4) is 0 Å². The summed E-state index contributed by atoms with van der Waals surface area (Å²) in [7, 11) is -2.62. The van der Waals surface area contributed by atoms with Crippen molar-refractivity contribution >= 4 is 33.2 Å². The first-order chi connectivity index (χ1) is 14.3. The molecule has 6 nitrogen and oxygen atoms in total. The lowest BCUT2D eigenvalue weighted by molar-refractivity contribution is 0.0950. The molecule has 1 amide bonds. The van der Waals surface area contributed by atoms with Gasteiger partial charge in [0.15, 0.2) is 0 Å². The fraction of sp³-hybridized carbons (Fsp3) is 0.0952. The summed E-state index contributed by atoms with van der Waals surface area (Å²) in [6, 6.07) is 16.1. The SMILES string of the molecule is COc1ccc(Cl)cc1NS(=O)(=O)c1cccc(C(=O)NCc2ccccc2F)c1. The van der Waals surface area contributed by atoms with Gasteiger partial charge in [0.1, 0.15) is 11.6 Å². The van der Waals surface area contributed by atoms with Crippen molar-refractivity contribution < 1.29 is 22.3 Å². The third-order valence-corrected chi connectivity index (χ3v) is 5.81. The zero-order valence-electron chi connectivity index (χ0n) is 15.9. The molecule has 0 aromatic heterocycles. The highest BCUT2D eigenvalue weighted by Crippen LogP contribution is 2.30. The topological polar surface area (TPSA) is 84.5 Å². The van der Waals surface area contributed by atoms with E-state index in [1.54, 1.807) is 24.3 Å². The molecule has 0 fully saturated rings. The van der Waals surface area contributed by atoms with E-state index in [1.807, 2.05) is 0 Å². The molecular weight excluding hydrogens is 431 g/mol. The molecule has 0 atom stereocenters. The number of methoxy groups -OCH3 is 1. The third-order valence-electron chi connectivity index (χ3n) is 4.21. The summed E-state index contributed by atoms with van der Waals surface area (Å²) < 4.78 is 46.8. The summed E-state index contributed by atoms with van der Waals surface area (Å²) in [5, 5.41) is 2.91. The van der Waals surface area contributed by atoms with E-state index in [2.05, 4.69) is 10.0 Å². The van der Waals surface area contributed by atoms with Crippen LogP contribution in [-0.4, -0.2) is 21.4 Å². The number of benzene rings is 3. The lowest BCUT2D eigenvalue weighted by Crippen LogP contribution is -2.24. The predicted octanol–water partition coefficient (Wildman–Crippen LogP) is 4.22. The van der Waals surface area contributed by atoms with E-state index in [1.165, 1.54) is 49.6 Å². The van der Waals surface area contributed by atoms with Crippen LogP contribution in [0.15, 0.2) is 71.6 Å². The van der Waals surface area contributed by atoms with Crippen LogP contribution in [0.1, 0.15) is 15.9 Å². The normalized spacial score (nSPS) is 11.0. The first-order valence-electron chi connectivity index (χ1n) is 8.78. The van der Waals surface area contributed by atoms with Crippen LogP contribution in [-0.2, 0) is 16.6 Å². The standard InChI is InChI=1S/C21H18ClFN2O4S/c1-29-20-10-9-16(22)12-19(20)25-30(27,28)17-7-4-6-14(11-17)21(26)24-13-15-5-2-3-8-18(15)23/h2-12,25H,13H2,1H3,(H,24,26). The molecule has 3 aromatic rings. The van der Waals surface area contributed by atoms with E-state index >= 15 is 0 Å². The van der Waals surface area contributed by atoms with Gasteiger partial charge < -0.3 is 10.1 Å².